The van der Waals surface area contributed by atoms with E-state index in [2.05, 4.69) is 26.1 Å². The van der Waals surface area contributed by atoms with Crippen LogP contribution >= 0.6 is 12.4 Å². The third-order valence-electron chi connectivity index (χ3n) is 4.18. The van der Waals surface area contributed by atoms with E-state index < -0.39 is 0 Å². The van der Waals surface area contributed by atoms with E-state index in [9.17, 15) is 4.79 Å². The Kier molecular flexibility index (Phi) is 9.08. The van der Waals surface area contributed by atoms with Crippen molar-refractivity contribution in [3.8, 4) is 11.5 Å². The van der Waals surface area contributed by atoms with Gasteiger partial charge >= 0.3 is 0 Å². The summed E-state index contributed by atoms with van der Waals surface area (Å²) in [5.74, 6) is 1.81. The Morgan fingerprint density at radius 3 is 2.68 bits per heavy atom. The Labute approximate surface area is 157 Å². The molecule has 142 valence electrons. The molecule has 25 heavy (non-hydrogen) atoms. The fourth-order valence-corrected chi connectivity index (χ4v) is 2.94. The Hall–Kier alpha value is -1.46. The van der Waals surface area contributed by atoms with Crippen LogP contribution in [0.4, 0.5) is 0 Å². The SMILES string of the molecule is CCCN(C(=O)c1ccc(OCC(C)C)c(OC)c1)C1CCNC1.Cl. The van der Waals surface area contributed by atoms with E-state index in [1.807, 2.05) is 17.0 Å². The molecule has 1 aliphatic heterocycles. The topological polar surface area (TPSA) is 50.8 Å². The minimum absolute atomic E-state index is 0. The maximum Gasteiger partial charge on any atom is 0.254 e. The molecule has 1 atom stereocenters. The second-order valence-electron chi connectivity index (χ2n) is 6.72. The third-order valence-corrected chi connectivity index (χ3v) is 4.18. The highest BCUT2D eigenvalue weighted by Crippen LogP contribution is 2.29. The molecule has 0 saturated carbocycles. The van der Waals surface area contributed by atoms with Gasteiger partial charge in [-0.1, -0.05) is 20.8 Å². The maximum absolute atomic E-state index is 13.0. The van der Waals surface area contributed by atoms with Crippen LogP contribution in [0.15, 0.2) is 18.2 Å². The molecular weight excluding hydrogens is 340 g/mol. The number of hydrogen-bond acceptors (Lipinski definition) is 4. The van der Waals surface area contributed by atoms with Gasteiger partial charge in [-0.3, -0.25) is 4.79 Å². The van der Waals surface area contributed by atoms with Crippen LogP contribution in [0.5, 0.6) is 11.5 Å². The summed E-state index contributed by atoms with van der Waals surface area (Å²) >= 11 is 0. The lowest BCUT2D eigenvalue weighted by Crippen LogP contribution is -2.42. The number of carbonyl (C=O) groups excluding carboxylic acids is 1. The van der Waals surface area contributed by atoms with Crippen molar-refractivity contribution < 1.29 is 14.3 Å². The first kappa shape index (κ1) is 21.6. The highest BCUT2D eigenvalue weighted by Gasteiger charge is 2.27. The molecule has 1 aliphatic rings. The minimum atomic E-state index is 0. The molecule has 1 unspecified atom stereocenters. The van der Waals surface area contributed by atoms with Gasteiger partial charge in [0, 0.05) is 24.7 Å². The van der Waals surface area contributed by atoms with Crippen LogP contribution in [0.2, 0.25) is 0 Å². The van der Waals surface area contributed by atoms with Crippen molar-refractivity contribution in [2.45, 2.75) is 39.7 Å². The van der Waals surface area contributed by atoms with Gasteiger partial charge in [0.2, 0.25) is 0 Å². The average Bonchev–Trinajstić information content (AvgIpc) is 3.11. The second kappa shape index (κ2) is 10.5. The van der Waals surface area contributed by atoms with Gasteiger partial charge < -0.3 is 19.7 Å². The largest absolute Gasteiger partial charge is 0.493 e. The number of amides is 1. The van der Waals surface area contributed by atoms with Gasteiger partial charge in [0.05, 0.1) is 13.7 Å². The predicted octanol–water partition coefficient (Wildman–Crippen LogP) is 3.37. The van der Waals surface area contributed by atoms with Crippen molar-refractivity contribution in [1.82, 2.24) is 10.2 Å². The van der Waals surface area contributed by atoms with Crippen LogP contribution < -0.4 is 14.8 Å². The number of nitrogens with zero attached hydrogens (tertiary/aromatic N) is 1. The summed E-state index contributed by atoms with van der Waals surface area (Å²) in [7, 11) is 1.61. The van der Waals surface area contributed by atoms with Crippen molar-refractivity contribution >= 4 is 18.3 Å². The number of halogens is 1. The molecule has 0 spiro atoms. The van der Waals surface area contributed by atoms with E-state index in [1.54, 1.807) is 13.2 Å². The summed E-state index contributed by atoms with van der Waals surface area (Å²) in [5.41, 5.74) is 0.657. The maximum atomic E-state index is 13.0. The monoisotopic (exact) mass is 370 g/mol. The fraction of sp³-hybridized carbons (Fsp3) is 0.632. The first-order valence-corrected chi connectivity index (χ1v) is 8.89. The van der Waals surface area contributed by atoms with Crippen LogP contribution in [0, 0.1) is 5.92 Å². The van der Waals surface area contributed by atoms with Crippen molar-refractivity contribution in [1.29, 1.82) is 0 Å². The second-order valence-corrected chi connectivity index (χ2v) is 6.72. The molecular formula is C19H31ClN2O3. The number of carbonyl (C=O) groups is 1. The van der Waals surface area contributed by atoms with E-state index in [1.165, 1.54) is 0 Å². The number of hydrogen-bond donors (Lipinski definition) is 1. The number of ether oxygens (including phenoxy) is 2. The zero-order valence-electron chi connectivity index (χ0n) is 15.7. The molecule has 1 aromatic carbocycles. The van der Waals surface area contributed by atoms with Gasteiger partial charge in [-0.15, -0.1) is 12.4 Å². The average molecular weight is 371 g/mol. The predicted molar refractivity (Wildman–Crippen MR) is 103 cm³/mol. The summed E-state index contributed by atoms with van der Waals surface area (Å²) < 4.78 is 11.2. The molecule has 0 radical (unpaired) electrons. The smallest absolute Gasteiger partial charge is 0.254 e. The van der Waals surface area contributed by atoms with Crippen LogP contribution in [-0.2, 0) is 0 Å². The highest BCUT2D eigenvalue weighted by molar-refractivity contribution is 5.95. The van der Waals surface area contributed by atoms with E-state index in [0.717, 1.165) is 32.5 Å². The molecule has 1 heterocycles. The first-order valence-electron chi connectivity index (χ1n) is 8.89. The summed E-state index contributed by atoms with van der Waals surface area (Å²) in [6.45, 7) is 9.55. The van der Waals surface area contributed by atoms with Crippen LogP contribution in [-0.4, -0.2) is 50.2 Å². The molecule has 1 aromatic rings. The van der Waals surface area contributed by atoms with Gasteiger partial charge in [0.25, 0.3) is 5.91 Å². The molecule has 1 amide bonds. The van der Waals surface area contributed by atoms with Gasteiger partial charge in [0.1, 0.15) is 0 Å². The Bertz CT molecular complexity index is 545. The molecule has 1 fully saturated rings. The highest BCUT2D eigenvalue weighted by atomic mass is 35.5. The lowest BCUT2D eigenvalue weighted by molar-refractivity contribution is 0.0692. The lowest BCUT2D eigenvalue weighted by Gasteiger charge is -2.28. The van der Waals surface area contributed by atoms with Crippen LogP contribution in [0.1, 0.15) is 44.0 Å². The molecule has 0 aliphatic carbocycles. The quantitative estimate of drug-likeness (QED) is 0.762. The normalized spacial score (nSPS) is 16.4. The summed E-state index contributed by atoms with van der Waals surface area (Å²) in [6.07, 6.45) is 1.97. The fourth-order valence-electron chi connectivity index (χ4n) is 2.94. The molecule has 0 aromatic heterocycles. The van der Waals surface area contributed by atoms with Gasteiger partial charge in [-0.25, -0.2) is 0 Å². The zero-order valence-corrected chi connectivity index (χ0v) is 16.5. The van der Waals surface area contributed by atoms with Crippen LogP contribution in [0.3, 0.4) is 0 Å². The number of rotatable bonds is 8. The summed E-state index contributed by atoms with van der Waals surface area (Å²) in [4.78, 5) is 15.0. The molecule has 6 heteroatoms. The number of benzene rings is 1. The molecule has 2 rings (SSSR count). The van der Waals surface area contributed by atoms with Crippen molar-refractivity contribution in [3.05, 3.63) is 23.8 Å². The molecule has 1 saturated heterocycles. The van der Waals surface area contributed by atoms with Gasteiger partial charge in [0.15, 0.2) is 11.5 Å². The number of nitrogens with one attached hydrogen (secondary N) is 1. The van der Waals surface area contributed by atoms with E-state index >= 15 is 0 Å². The Morgan fingerprint density at radius 1 is 1.36 bits per heavy atom. The van der Waals surface area contributed by atoms with Crippen molar-refractivity contribution in [2.75, 3.05) is 33.4 Å². The standard InChI is InChI=1S/C19H30N2O3.ClH/c1-5-10-21(16-8-9-20-12-16)19(22)15-6-7-17(18(11-15)23-4)24-13-14(2)3;/h6-7,11,14,16,20H,5,8-10,12-13H2,1-4H3;1H. The zero-order chi connectivity index (χ0) is 17.5. The van der Waals surface area contributed by atoms with E-state index in [0.29, 0.717) is 29.6 Å². The molecule has 1 N–H and O–H groups in total. The van der Waals surface area contributed by atoms with Crippen LogP contribution in [0.25, 0.3) is 0 Å². The third kappa shape index (κ3) is 5.79. The molecule has 5 nitrogen and oxygen atoms in total. The minimum Gasteiger partial charge on any atom is -0.493 e. The van der Waals surface area contributed by atoms with Gasteiger partial charge in [-0.2, -0.15) is 0 Å². The van der Waals surface area contributed by atoms with Crippen molar-refractivity contribution in [2.24, 2.45) is 5.92 Å². The lowest BCUT2D eigenvalue weighted by atomic mass is 10.1. The Balaban J connectivity index is 0.00000312. The molecule has 0 bridgehead atoms. The Morgan fingerprint density at radius 2 is 2.12 bits per heavy atom. The summed E-state index contributed by atoms with van der Waals surface area (Å²) in [6, 6.07) is 5.75. The van der Waals surface area contributed by atoms with Crippen molar-refractivity contribution in [3.63, 3.8) is 0 Å². The summed E-state index contributed by atoms with van der Waals surface area (Å²) in [5, 5.41) is 3.34. The van der Waals surface area contributed by atoms with Gasteiger partial charge in [-0.05, 0) is 43.5 Å². The first-order chi connectivity index (χ1) is 11.6. The van der Waals surface area contributed by atoms with E-state index in [-0.39, 0.29) is 24.4 Å². The number of methoxy groups -OCH3 is 1. The van der Waals surface area contributed by atoms with E-state index in [4.69, 9.17) is 9.47 Å².